The third kappa shape index (κ3) is 3.76. The van der Waals surface area contributed by atoms with Crippen molar-refractivity contribution in [2.45, 2.75) is 6.92 Å². The number of amides is 1. The van der Waals surface area contributed by atoms with Crippen molar-refractivity contribution in [1.82, 2.24) is 5.16 Å². The van der Waals surface area contributed by atoms with Crippen LogP contribution in [0.2, 0.25) is 10.0 Å². The van der Waals surface area contributed by atoms with Crippen molar-refractivity contribution in [2.24, 2.45) is 0 Å². The lowest BCUT2D eigenvalue weighted by molar-refractivity contribution is -0.384. The molecule has 156 valence electrons. The molecule has 0 radical (unpaired) electrons. The summed E-state index contributed by atoms with van der Waals surface area (Å²) < 4.78 is 10.3. The van der Waals surface area contributed by atoms with Gasteiger partial charge in [-0.1, -0.05) is 34.4 Å². The number of benzene rings is 2. The first kappa shape index (κ1) is 20.6. The van der Waals surface area contributed by atoms with E-state index in [9.17, 15) is 19.7 Å². The summed E-state index contributed by atoms with van der Waals surface area (Å²) in [6.45, 7) is 1.52. The number of hydrogen-bond donors (Lipinski definition) is 1. The average Bonchev–Trinajstić information content (AvgIpc) is 3.09. The Balaban J connectivity index is 1.77. The molecule has 0 aliphatic carbocycles. The first-order valence-electron chi connectivity index (χ1n) is 8.70. The molecule has 4 rings (SSSR count). The number of rotatable bonds is 4. The molecule has 9 nitrogen and oxygen atoms in total. The third-order valence-electron chi connectivity index (χ3n) is 4.46. The number of aryl methyl sites for hydroxylation is 1. The Hall–Kier alpha value is -3.69. The smallest absolute Gasteiger partial charge is 0.360 e. The maximum absolute atomic E-state index is 13.0. The fraction of sp³-hybridized carbons (Fsp3) is 0.0500. The number of anilines is 1. The van der Waals surface area contributed by atoms with Gasteiger partial charge in [-0.15, -0.1) is 0 Å². The summed E-state index contributed by atoms with van der Waals surface area (Å²) in [6.07, 6.45) is 0. The van der Waals surface area contributed by atoms with E-state index in [4.69, 9.17) is 32.1 Å². The second-order valence-corrected chi connectivity index (χ2v) is 7.25. The van der Waals surface area contributed by atoms with Crippen LogP contribution in [0.5, 0.6) is 0 Å². The lowest BCUT2D eigenvalue weighted by Crippen LogP contribution is -2.18. The molecule has 0 spiro atoms. The zero-order valence-electron chi connectivity index (χ0n) is 15.6. The fourth-order valence-corrected chi connectivity index (χ4v) is 3.61. The first-order chi connectivity index (χ1) is 14.8. The van der Waals surface area contributed by atoms with Crippen LogP contribution in [0.3, 0.4) is 0 Å². The van der Waals surface area contributed by atoms with Crippen molar-refractivity contribution < 1.29 is 18.7 Å². The second kappa shape index (κ2) is 7.86. The SMILES string of the molecule is Cc1onc(-c2c(Cl)cccc2Cl)c1C(=O)Nc1cc2cc([N+](=O)[O-])ccc2oc1=O. The van der Waals surface area contributed by atoms with E-state index in [0.29, 0.717) is 5.56 Å². The van der Waals surface area contributed by atoms with Gasteiger partial charge in [-0.05, 0) is 31.2 Å². The maximum atomic E-state index is 13.0. The Morgan fingerprint density at radius 3 is 2.55 bits per heavy atom. The Bertz CT molecular complexity index is 1410. The zero-order chi connectivity index (χ0) is 22.3. The highest BCUT2D eigenvalue weighted by atomic mass is 35.5. The van der Waals surface area contributed by atoms with Crippen LogP contribution in [-0.2, 0) is 0 Å². The van der Waals surface area contributed by atoms with Gasteiger partial charge in [0.1, 0.15) is 28.3 Å². The normalized spacial score (nSPS) is 10.9. The molecule has 31 heavy (non-hydrogen) atoms. The third-order valence-corrected chi connectivity index (χ3v) is 5.09. The molecule has 0 fully saturated rings. The van der Waals surface area contributed by atoms with Crippen LogP contribution in [0.25, 0.3) is 22.2 Å². The number of nitrogens with zero attached hydrogens (tertiary/aromatic N) is 2. The van der Waals surface area contributed by atoms with Gasteiger partial charge in [0.2, 0.25) is 0 Å². The van der Waals surface area contributed by atoms with Gasteiger partial charge in [-0.2, -0.15) is 0 Å². The number of nitro groups is 1. The molecule has 0 saturated carbocycles. The summed E-state index contributed by atoms with van der Waals surface area (Å²) in [5.41, 5.74) is -0.674. The van der Waals surface area contributed by atoms with E-state index >= 15 is 0 Å². The highest BCUT2D eigenvalue weighted by molar-refractivity contribution is 6.39. The zero-order valence-corrected chi connectivity index (χ0v) is 17.2. The van der Waals surface area contributed by atoms with E-state index in [0.717, 1.165) is 0 Å². The molecule has 4 aromatic rings. The molecule has 0 atom stereocenters. The molecule has 0 saturated heterocycles. The predicted molar refractivity (Wildman–Crippen MR) is 114 cm³/mol. The van der Waals surface area contributed by atoms with Gasteiger partial charge in [0, 0.05) is 23.1 Å². The van der Waals surface area contributed by atoms with E-state index in [1.807, 2.05) is 0 Å². The molecule has 2 aromatic heterocycles. The summed E-state index contributed by atoms with van der Waals surface area (Å²) in [5, 5.41) is 18.1. The Kier molecular flexibility index (Phi) is 5.22. The van der Waals surface area contributed by atoms with Gasteiger partial charge in [0.25, 0.3) is 11.6 Å². The number of carbonyl (C=O) groups excluding carboxylic acids is 1. The van der Waals surface area contributed by atoms with E-state index in [1.54, 1.807) is 18.2 Å². The summed E-state index contributed by atoms with van der Waals surface area (Å²) in [4.78, 5) is 35.7. The monoisotopic (exact) mass is 459 g/mol. The van der Waals surface area contributed by atoms with E-state index in [1.165, 1.54) is 31.2 Å². The Labute approximate surface area is 183 Å². The standard InChI is InChI=1S/C20H11Cl2N3O6/c1-9-16(18(24-31-9)17-12(21)3-2-4-13(17)22)19(26)23-14-8-10-7-11(25(28)29)5-6-15(10)30-20(14)27/h2-8H,1H3,(H,23,26). The number of non-ortho nitro benzene ring substituents is 1. The molecule has 2 aromatic carbocycles. The van der Waals surface area contributed by atoms with Crippen molar-refractivity contribution in [2.75, 3.05) is 5.32 Å². The van der Waals surface area contributed by atoms with Crippen molar-refractivity contribution in [3.63, 3.8) is 0 Å². The maximum Gasteiger partial charge on any atom is 0.360 e. The Morgan fingerprint density at radius 1 is 1.16 bits per heavy atom. The first-order valence-corrected chi connectivity index (χ1v) is 9.46. The molecular formula is C20H11Cl2N3O6. The van der Waals surface area contributed by atoms with Crippen LogP contribution < -0.4 is 10.9 Å². The van der Waals surface area contributed by atoms with Crippen LogP contribution in [0.15, 0.2) is 56.2 Å². The van der Waals surface area contributed by atoms with Gasteiger partial charge in [-0.3, -0.25) is 14.9 Å². The molecule has 0 bridgehead atoms. The predicted octanol–water partition coefficient (Wildman–Crippen LogP) is 5.22. The average molecular weight is 460 g/mol. The molecule has 1 N–H and O–H groups in total. The van der Waals surface area contributed by atoms with E-state index in [-0.39, 0.29) is 49.4 Å². The van der Waals surface area contributed by atoms with Gasteiger partial charge < -0.3 is 14.3 Å². The van der Waals surface area contributed by atoms with Gasteiger partial charge in [-0.25, -0.2) is 4.79 Å². The minimum Gasteiger partial charge on any atom is -0.421 e. The fourth-order valence-electron chi connectivity index (χ4n) is 3.03. The lowest BCUT2D eigenvalue weighted by atomic mass is 10.1. The minimum absolute atomic E-state index is 0.0218. The Morgan fingerprint density at radius 2 is 1.87 bits per heavy atom. The highest BCUT2D eigenvalue weighted by Crippen LogP contribution is 2.37. The number of aromatic nitrogens is 1. The van der Waals surface area contributed by atoms with Gasteiger partial charge in [0.05, 0.1) is 15.0 Å². The number of carbonyl (C=O) groups is 1. The number of halogens is 2. The van der Waals surface area contributed by atoms with Crippen LogP contribution in [0, 0.1) is 17.0 Å². The topological polar surface area (TPSA) is 128 Å². The number of hydrogen-bond acceptors (Lipinski definition) is 7. The van der Waals surface area contributed by atoms with Gasteiger partial charge >= 0.3 is 5.63 Å². The molecule has 1 amide bonds. The second-order valence-electron chi connectivity index (χ2n) is 6.44. The van der Waals surface area contributed by atoms with Crippen molar-refractivity contribution in [1.29, 1.82) is 0 Å². The van der Waals surface area contributed by atoms with Crippen LogP contribution in [0.1, 0.15) is 16.1 Å². The summed E-state index contributed by atoms with van der Waals surface area (Å²) >= 11 is 12.4. The largest absolute Gasteiger partial charge is 0.421 e. The van der Waals surface area contributed by atoms with E-state index < -0.39 is 16.5 Å². The van der Waals surface area contributed by atoms with Crippen LogP contribution >= 0.6 is 23.2 Å². The molecule has 2 heterocycles. The highest BCUT2D eigenvalue weighted by Gasteiger charge is 2.25. The van der Waals surface area contributed by atoms with Crippen LogP contribution in [0.4, 0.5) is 11.4 Å². The molecular weight excluding hydrogens is 449 g/mol. The summed E-state index contributed by atoms with van der Waals surface area (Å²) in [6, 6.07) is 9.84. The van der Waals surface area contributed by atoms with Gasteiger partial charge in [0.15, 0.2) is 0 Å². The lowest BCUT2D eigenvalue weighted by Gasteiger charge is -2.08. The summed E-state index contributed by atoms with van der Waals surface area (Å²) in [5.74, 6) is -0.550. The van der Waals surface area contributed by atoms with Crippen LogP contribution in [-0.4, -0.2) is 16.0 Å². The number of fused-ring (bicyclic) bond motifs is 1. The molecule has 11 heteroatoms. The molecule has 0 aliphatic heterocycles. The summed E-state index contributed by atoms with van der Waals surface area (Å²) in [7, 11) is 0. The van der Waals surface area contributed by atoms with Crippen molar-refractivity contribution in [3.8, 4) is 11.3 Å². The van der Waals surface area contributed by atoms with Crippen molar-refractivity contribution >= 4 is 51.5 Å². The quantitative estimate of drug-likeness (QED) is 0.251. The number of nitrogens with one attached hydrogen (secondary N) is 1. The molecule has 0 unspecified atom stereocenters. The minimum atomic E-state index is -0.832. The van der Waals surface area contributed by atoms with E-state index in [2.05, 4.69) is 10.5 Å². The number of nitro benzene ring substituents is 1. The van der Waals surface area contributed by atoms with Crippen molar-refractivity contribution in [3.05, 3.63) is 84.4 Å². The molecule has 0 aliphatic rings.